The van der Waals surface area contributed by atoms with Gasteiger partial charge in [0.2, 0.25) is 6.10 Å². The lowest BCUT2D eigenvalue weighted by Gasteiger charge is -2.25. The number of ether oxygens (including phenoxy) is 2. The van der Waals surface area contributed by atoms with Crippen LogP contribution in [0.3, 0.4) is 0 Å². The summed E-state index contributed by atoms with van der Waals surface area (Å²) in [6, 6.07) is 20.8. The molecule has 0 radical (unpaired) electrons. The highest BCUT2D eigenvalue weighted by molar-refractivity contribution is 6.06. The molecule has 0 bridgehead atoms. The highest BCUT2D eigenvalue weighted by atomic mass is 16.6. The number of amides is 1. The Balaban J connectivity index is 1.39. The lowest BCUT2D eigenvalue weighted by molar-refractivity contribution is -0.125. The van der Waals surface area contributed by atoms with Crippen LogP contribution in [0.1, 0.15) is 0 Å². The van der Waals surface area contributed by atoms with Gasteiger partial charge in [0.15, 0.2) is 11.5 Å². The topological polar surface area (TPSA) is 60.7 Å². The van der Waals surface area contributed by atoms with E-state index in [1.807, 2.05) is 60.7 Å². The number of nitrogens with one attached hydrogen (secondary N) is 1. The molecule has 1 aromatic heterocycles. The number of rotatable bonds is 2. The highest BCUT2D eigenvalue weighted by Gasteiger charge is 2.27. The van der Waals surface area contributed by atoms with Crippen molar-refractivity contribution in [2.75, 3.05) is 11.9 Å². The second-order valence-electron chi connectivity index (χ2n) is 6.16. The predicted octanol–water partition coefficient (Wildman–Crippen LogP) is 4.36. The minimum Gasteiger partial charge on any atom is -0.485 e. The van der Waals surface area contributed by atoms with E-state index in [-0.39, 0.29) is 12.5 Å². The zero-order chi connectivity index (χ0) is 17.5. The van der Waals surface area contributed by atoms with Crippen LogP contribution in [0.4, 0.5) is 5.69 Å². The van der Waals surface area contributed by atoms with Crippen LogP contribution in [-0.4, -0.2) is 18.6 Å². The van der Waals surface area contributed by atoms with Crippen LogP contribution in [0.2, 0.25) is 0 Å². The second-order valence-corrected chi connectivity index (χ2v) is 6.16. The van der Waals surface area contributed by atoms with Gasteiger partial charge in [-0.15, -0.1) is 0 Å². The maximum absolute atomic E-state index is 12.5. The van der Waals surface area contributed by atoms with Crippen LogP contribution in [0.5, 0.6) is 11.5 Å². The largest absolute Gasteiger partial charge is 0.485 e. The molecule has 5 nitrogen and oxygen atoms in total. The summed E-state index contributed by atoms with van der Waals surface area (Å²) in [5, 5.41) is 4.95. The van der Waals surface area contributed by atoms with Crippen LogP contribution >= 0.6 is 0 Å². The Bertz CT molecular complexity index is 1130. The molecule has 1 aliphatic rings. The first-order chi connectivity index (χ1) is 12.8. The first kappa shape index (κ1) is 14.8. The van der Waals surface area contributed by atoms with Crippen molar-refractivity contribution in [3.8, 4) is 11.5 Å². The summed E-state index contributed by atoms with van der Waals surface area (Å²) < 4.78 is 17.2. The Labute approximate surface area is 149 Å². The van der Waals surface area contributed by atoms with Gasteiger partial charge in [0.05, 0.1) is 0 Å². The Morgan fingerprint density at radius 2 is 1.65 bits per heavy atom. The molecule has 1 N–H and O–H groups in total. The molecule has 1 amide bonds. The molecule has 0 saturated carbocycles. The van der Waals surface area contributed by atoms with Crippen molar-refractivity contribution in [2.24, 2.45) is 0 Å². The first-order valence-electron chi connectivity index (χ1n) is 8.38. The monoisotopic (exact) mass is 345 g/mol. The van der Waals surface area contributed by atoms with Crippen molar-refractivity contribution >= 4 is 33.5 Å². The van der Waals surface area contributed by atoms with E-state index in [1.54, 1.807) is 6.07 Å². The summed E-state index contributed by atoms with van der Waals surface area (Å²) >= 11 is 0. The van der Waals surface area contributed by atoms with Crippen molar-refractivity contribution < 1.29 is 18.7 Å². The summed E-state index contributed by atoms with van der Waals surface area (Å²) in [5.41, 5.74) is 2.21. The van der Waals surface area contributed by atoms with Crippen LogP contribution in [-0.2, 0) is 4.79 Å². The lowest BCUT2D eigenvalue weighted by atomic mass is 10.1. The normalized spacial score (nSPS) is 15.9. The van der Waals surface area contributed by atoms with Crippen LogP contribution in [0.15, 0.2) is 71.1 Å². The van der Waals surface area contributed by atoms with Crippen LogP contribution in [0.25, 0.3) is 21.9 Å². The van der Waals surface area contributed by atoms with Gasteiger partial charge in [-0.05, 0) is 30.3 Å². The fourth-order valence-corrected chi connectivity index (χ4v) is 3.18. The number of hydrogen-bond donors (Lipinski definition) is 1. The SMILES string of the molecule is O=C(Nc1ccc2c(c1)oc1ccccc12)C1COc2ccccc2O1. The van der Waals surface area contributed by atoms with Gasteiger partial charge < -0.3 is 19.2 Å². The molecule has 3 aromatic carbocycles. The molecule has 0 fully saturated rings. The minimum atomic E-state index is -0.698. The van der Waals surface area contributed by atoms with E-state index < -0.39 is 6.10 Å². The molecule has 26 heavy (non-hydrogen) atoms. The van der Waals surface area contributed by atoms with E-state index in [0.717, 1.165) is 21.9 Å². The molecule has 4 aromatic rings. The van der Waals surface area contributed by atoms with E-state index in [1.165, 1.54) is 0 Å². The first-order valence-corrected chi connectivity index (χ1v) is 8.38. The smallest absolute Gasteiger partial charge is 0.269 e. The van der Waals surface area contributed by atoms with Gasteiger partial charge in [-0.25, -0.2) is 0 Å². The summed E-state index contributed by atoms with van der Waals surface area (Å²) in [7, 11) is 0. The van der Waals surface area contributed by atoms with E-state index in [0.29, 0.717) is 17.2 Å². The molecule has 0 spiro atoms. The molecule has 1 atom stereocenters. The van der Waals surface area contributed by atoms with Crippen molar-refractivity contribution in [2.45, 2.75) is 6.10 Å². The third kappa shape index (κ3) is 2.45. The van der Waals surface area contributed by atoms with Gasteiger partial charge in [0.25, 0.3) is 5.91 Å². The van der Waals surface area contributed by atoms with E-state index in [9.17, 15) is 4.79 Å². The van der Waals surface area contributed by atoms with E-state index >= 15 is 0 Å². The Hall–Kier alpha value is -3.47. The number of fused-ring (bicyclic) bond motifs is 4. The van der Waals surface area contributed by atoms with Gasteiger partial charge >= 0.3 is 0 Å². The number of carbonyl (C=O) groups is 1. The molecule has 1 aliphatic heterocycles. The Morgan fingerprint density at radius 3 is 2.58 bits per heavy atom. The average Bonchev–Trinajstić information content (AvgIpc) is 3.05. The maximum Gasteiger partial charge on any atom is 0.269 e. The third-order valence-corrected chi connectivity index (χ3v) is 4.45. The molecule has 0 saturated heterocycles. The molecule has 5 rings (SSSR count). The number of hydrogen-bond acceptors (Lipinski definition) is 4. The average molecular weight is 345 g/mol. The zero-order valence-electron chi connectivity index (χ0n) is 13.8. The summed E-state index contributed by atoms with van der Waals surface area (Å²) in [6.45, 7) is 0.176. The number of anilines is 1. The Kier molecular flexibility index (Phi) is 3.31. The number of furan rings is 1. The standard InChI is InChI=1S/C21H15NO4/c23-21(20-12-24-17-7-3-4-8-18(17)26-20)22-13-9-10-15-14-5-1-2-6-16(14)25-19(15)11-13/h1-11,20H,12H2,(H,22,23). The summed E-state index contributed by atoms with van der Waals surface area (Å²) in [4.78, 5) is 12.5. The van der Waals surface area contributed by atoms with Crippen LogP contribution in [0, 0.1) is 0 Å². The van der Waals surface area contributed by atoms with Gasteiger partial charge in [-0.2, -0.15) is 0 Å². The van der Waals surface area contributed by atoms with Gasteiger partial charge in [-0.1, -0.05) is 30.3 Å². The van der Waals surface area contributed by atoms with Crippen molar-refractivity contribution in [1.82, 2.24) is 0 Å². The third-order valence-electron chi connectivity index (χ3n) is 4.45. The lowest BCUT2D eigenvalue weighted by Crippen LogP contribution is -2.40. The van der Waals surface area contributed by atoms with Crippen molar-refractivity contribution in [3.05, 3.63) is 66.7 Å². The Morgan fingerprint density at radius 1 is 0.885 bits per heavy atom. The van der Waals surface area contributed by atoms with Crippen molar-refractivity contribution in [1.29, 1.82) is 0 Å². The van der Waals surface area contributed by atoms with E-state index in [4.69, 9.17) is 13.9 Å². The summed E-state index contributed by atoms with van der Waals surface area (Å²) in [5.74, 6) is 0.974. The second kappa shape index (κ2) is 5.81. The quantitative estimate of drug-likeness (QED) is 0.586. The fourth-order valence-electron chi connectivity index (χ4n) is 3.18. The molecule has 128 valence electrons. The number of para-hydroxylation sites is 3. The van der Waals surface area contributed by atoms with Gasteiger partial charge in [-0.3, -0.25) is 4.79 Å². The summed E-state index contributed by atoms with van der Waals surface area (Å²) in [6.07, 6.45) is -0.698. The van der Waals surface area contributed by atoms with E-state index in [2.05, 4.69) is 5.32 Å². The molecule has 1 unspecified atom stereocenters. The van der Waals surface area contributed by atoms with Crippen LogP contribution < -0.4 is 14.8 Å². The number of benzene rings is 3. The molecule has 2 heterocycles. The zero-order valence-corrected chi connectivity index (χ0v) is 13.8. The predicted molar refractivity (Wildman–Crippen MR) is 98.7 cm³/mol. The fraction of sp³-hybridized carbons (Fsp3) is 0.0952. The minimum absolute atomic E-state index is 0.176. The molecular weight excluding hydrogens is 330 g/mol. The van der Waals surface area contributed by atoms with Crippen molar-refractivity contribution in [3.63, 3.8) is 0 Å². The van der Waals surface area contributed by atoms with Gasteiger partial charge in [0.1, 0.15) is 17.8 Å². The molecule has 5 heteroatoms. The number of carbonyl (C=O) groups excluding carboxylic acids is 1. The molecule has 0 aliphatic carbocycles. The van der Waals surface area contributed by atoms with Gasteiger partial charge in [0, 0.05) is 22.5 Å². The maximum atomic E-state index is 12.5. The highest BCUT2D eigenvalue weighted by Crippen LogP contribution is 2.32. The molecular formula is C21H15NO4.